The second-order valence-corrected chi connectivity index (χ2v) is 6.12. The van der Waals surface area contributed by atoms with Crippen LogP contribution in [0.3, 0.4) is 0 Å². The van der Waals surface area contributed by atoms with Gasteiger partial charge in [0.1, 0.15) is 11.5 Å². The van der Waals surface area contributed by atoms with Gasteiger partial charge in [0, 0.05) is 0 Å². The van der Waals surface area contributed by atoms with Gasteiger partial charge in [0.2, 0.25) is 0 Å². The number of hydrogen-bond acceptors (Lipinski definition) is 4. The first kappa shape index (κ1) is 19.3. The van der Waals surface area contributed by atoms with Gasteiger partial charge >= 0.3 is 0 Å². The van der Waals surface area contributed by atoms with Crippen LogP contribution in [0.1, 0.15) is 32.3 Å². The van der Waals surface area contributed by atoms with E-state index < -0.39 is 17.9 Å². The van der Waals surface area contributed by atoms with Crippen molar-refractivity contribution in [3.63, 3.8) is 0 Å². The first-order valence-corrected chi connectivity index (χ1v) is 8.49. The SMILES string of the molecule is CC(Oc1ccc(C(C)C)cc1)C(=O)NNC(=O)COc1ccccc1. The lowest BCUT2D eigenvalue weighted by atomic mass is 10.0. The van der Waals surface area contributed by atoms with Gasteiger partial charge in [-0.1, -0.05) is 44.2 Å². The topological polar surface area (TPSA) is 76.7 Å². The normalized spacial score (nSPS) is 11.5. The van der Waals surface area contributed by atoms with Gasteiger partial charge in [-0.3, -0.25) is 20.4 Å². The average molecular weight is 356 g/mol. The summed E-state index contributed by atoms with van der Waals surface area (Å²) in [6.07, 6.45) is -0.754. The zero-order valence-electron chi connectivity index (χ0n) is 15.2. The van der Waals surface area contributed by atoms with Gasteiger partial charge in [0.05, 0.1) is 0 Å². The molecule has 0 spiro atoms. The Labute approximate surface area is 153 Å². The minimum Gasteiger partial charge on any atom is -0.484 e. The van der Waals surface area contributed by atoms with Crippen LogP contribution in [0, 0.1) is 0 Å². The molecule has 0 aliphatic carbocycles. The molecule has 0 aliphatic rings. The van der Waals surface area contributed by atoms with Crippen LogP contribution < -0.4 is 20.3 Å². The maximum Gasteiger partial charge on any atom is 0.279 e. The molecule has 0 bridgehead atoms. The van der Waals surface area contributed by atoms with E-state index in [1.807, 2.05) is 42.5 Å². The summed E-state index contributed by atoms with van der Waals surface area (Å²) in [7, 11) is 0. The molecule has 0 saturated carbocycles. The Morgan fingerprint density at radius 1 is 0.885 bits per heavy atom. The molecule has 0 aliphatic heterocycles. The molecule has 1 unspecified atom stereocenters. The number of carbonyl (C=O) groups is 2. The van der Waals surface area contributed by atoms with Gasteiger partial charge in [-0.2, -0.15) is 0 Å². The fourth-order valence-electron chi connectivity index (χ4n) is 2.12. The van der Waals surface area contributed by atoms with E-state index in [1.165, 1.54) is 5.56 Å². The minimum absolute atomic E-state index is 0.198. The number of carbonyl (C=O) groups excluding carboxylic acids is 2. The summed E-state index contributed by atoms with van der Waals surface area (Å²) < 4.78 is 10.9. The summed E-state index contributed by atoms with van der Waals surface area (Å²) in [5.74, 6) is 0.686. The van der Waals surface area contributed by atoms with E-state index in [0.29, 0.717) is 17.4 Å². The Balaban J connectivity index is 1.73. The monoisotopic (exact) mass is 356 g/mol. The first-order valence-electron chi connectivity index (χ1n) is 8.49. The van der Waals surface area contributed by atoms with Crippen molar-refractivity contribution in [2.45, 2.75) is 32.8 Å². The van der Waals surface area contributed by atoms with Crippen molar-refractivity contribution >= 4 is 11.8 Å². The molecule has 26 heavy (non-hydrogen) atoms. The molecule has 0 heterocycles. The van der Waals surface area contributed by atoms with Gasteiger partial charge in [-0.25, -0.2) is 0 Å². The summed E-state index contributed by atoms with van der Waals surface area (Å²) in [6, 6.07) is 16.5. The molecule has 1 atom stereocenters. The smallest absolute Gasteiger partial charge is 0.279 e. The molecule has 2 aromatic carbocycles. The zero-order valence-corrected chi connectivity index (χ0v) is 15.2. The van der Waals surface area contributed by atoms with Crippen molar-refractivity contribution in [2.24, 2.45) is 0 Å². The van der Waals surface area contributed by atoms with Crippen LogP contribution in [0.15, 0.2) is 54.6 Å². The molecule has 2 amide bonds. The van der Waals surface area contributed by atoms with Gasteiger partial charge in [0.15, 0.2) is 12.7 Å². The summed E-state index contributed by atoms with van der Waals surface area (Å²) >= 11 is 0. The van der Waals surface area contributed by atoms with Crippen molar-refractivity contribution in [1.29, 1.82) is 0 Å². The summed E-state index contributed by atoms with van der Waals surface area (Å²) in [5.41, 5.74) is 5.82. The predicted molar refractivity (Wildman–Crippen MR) is 98.8 cm³/mol. The van der Waals surface area contributed by atoms with Crippen LogP contribution in [0.25, 0.3) is 0 Å². The van der Waals surface area contributed by atoms with Crippen molar-refractivity contribution in [3.8, 4) is 11.5 Å². The van der Waals surface area contributed by atoms with E-state index in [1.54, 1.807) is 19.1 Å². The van der Waals surface area contributed by atoms with Crippen molar-refractivity contribution in [1.82, 2.24) is 10.9 Å². The summed E-state index contributed by atoms with van der Waals surface area (Å²) in [4.78, 5) is 23.7. The molecule has 0 radical (unpaired) electrons. The van der Waals surface area contributed by atoms with E-state index in [0.717, 1.165) is 0 Å². The molecular weight excluding hydrogens is 332 g/mol. The fraction of sp³-hybridized carbons (Fsp3) is 0.300. The van der Waals surface area contributed by atoms with Crippen LogP contribution in [0.4, 0.5) is 0 Å². The van der Waals surface area contributed by atoms with Crippen LogP contribution in [-0.4, -0.2) is 24.5 Å². The van der Waals surface area contributed by atoms with Crippen molar-refractivity contribution in [2.75, 3.05) is 6.61 Å². The minimum atomic E-state index is -0.754. The number of hydrazine groups is 1. The highest BCUT2D eigenvalue weighted by Crippen LogP contribution is 2.19. The van der Waals surface area contributed by atoms with Gasteiger partial charge in [-0.05, 0) is 42.7 Å². The van der Waals surface area contributed by atoms with Crippen LogP contribution in [0.5, 0.6) is 11.5 Å². The first-order chi connectivity index (χ1) is 12.5. The molecule has 6 nitrogen and oxygen atoms in total. The van der Waals surface area contributed by atoms with Crippen molar-refractivity contribution < 1.29 is 19.1 Å². The molecule has 2 aromatic rings. The van der Waals surface area contributed by atoms with E-state index in [4.69, 9.17) is 9.47 Å². The largest absolute Gasteiger partial charge is 0.484 e. The Hall–Kier alpha value is -3.02. The number of hydrogen-bond donors (Lipinski definition) is 2. The number of benzene rings is 2. The Kier molecular flexibility index (Phi) is 7.02. The van der Waals surface area contributed by atoms with Crippen molar-refractivity contribution in [3.05, 3.63) is 60.2 Å². The number of ether oxygens (including phenoxy) is 2. The predicted octanol–water partition coefficient (Wildman–Crippen LogP) is 2.80. The Morgan fingerprint density at radius 2 is 1.54 bits per heavy atom. The maximum atomic E-state index is 12.0. The zero-order chi connectivity index (χ0) is 18.9. The van der Waals surface area contributed by atoms with E-state index >= 15 is 0 Å². The highest BCUT2D eigenvalue weighted by Gasteiger charge is 2.15. The molecule has 138 valence electrons. The number of nitrogens with one attached hydrogen (secondary N) is 2. The molecule has 6 heteroatoms. The van der Waals surface area contributed by atoms with Gasteiger partial charge in [-0.15, -0.1) is 0 Å². The molecule has 0 saturated heterocycles. The molecule has 0 aromatic heterocycles. The second-order valence-electron chi connectivity index (χ2n) is 6.12. The standard InChI is InChI=1S/C20H24N2O4/c1-14(2)16-9-11-18(12-10-16)26-15(3)20(24)22-21-19(23)13-25-17-7-5-4-6-8-17/h4-12,14-15H,13H2,1-3H3,(H,21,23)(H,22,24). The van der Waals surface area contributed by atoms with E-state index in [-0.39, 0.29) is 6.61 Å². The lowest BCUT2D eigenvalue weighted by Crippen LogP contribution is -2.48. The third-order valence-electron chi connectivity index (χ3n) is 3.67. The van der Waals surface area contributed by atoms with Gasteiger partial charge in [0.25, 0.3) is 11.8 Å². The van der Waals surface area contributed by atoms with Crippen LogP contribution in [0.2, 0.25) is 0 Å². The van der Waals surface area contributed by atoms with E-state index in [9.17, 15) is 9.59 Å². The third kappa shape index (κ3) is 6.12. The Bertz CT molecular complexity index is 714. The molecule has 2 rings (SSSR count). The molecular formula is C20H24N2O4. The highest BCUT2D eigenvalue weighted by molar-refractivity contribution is 5.85. The lowest BCUT2D eigenvalue weighted by Gasteiger charge is -2.16. The fourth-order valence-corrected chi connectivity index (χ4v) is 2.12. The molecule has 0 fully saturated rings. The third-order valence-corrected chi connectivity index (χ3v) is 3.67. The van der Waals surface area contributed by atoms with E-state index in [2.05, 4.69) is 24.7 Å². The van der Waals surface area contributed by atoms with Gasteiger partial charge < -0.3 is 9.47 Å². The summed E-state index contributed by atoms with van der Waals surface area (Å²) in [5, 5.41) is 0. The highest BCUT2D eigenvalue weighted by atomic mass is 16.5. The quantitative estimate of drug-likeness (QED) is 0.748. The maximum absolute atomic E-state index is 12.0. The summed E-state index contributed by atoms with van der Waals surface area (Å²) in [6.45, 7) is 5.63. The number of amides is 2. The Morgan fingerprint density at radius 3 is 2.15 bits per heavy atom. The van der Waals surface area contributed by atoms with Crippen LogP contribution in [-0.2, 0) is 9.59 Å². The lowest BCUT2D eigenvalue weighted by molar-refractivity contribution is -0.133. The molecule has 2 N–H and O–H groups in total. The second kappa shape index (κ2) is 9.46. The average Bonchev–Trinajstić information content (AvgIpc) is 2.65. The number of rotatable bonds is 7. The van der Waals surface area contributed by atoms with Crippen LogP contribution >= 0.6 is 0 Å². The number of para-hydroxylation sites is 1.